The van der Waals surface area contributed by atoms with Crippen molar-refractivity contribution in [1.29, 1.82) is 0 Å². The van der Waals surface area contributed by atoms with Gasteiger partial charge < -0.3 is 10.4 Å². The van der Waals surface area contributed by atoms with Crippen LogP contribution in [-0.2, 0) is 0 Å². The third kappa shape index (κ3) is 3.21. The Balaban J connectivity index is 2.08. The Morgan fingerprint density at radius 3 is 2.73 bits per heavy atom. The summed E-state index contributed by atoms with van der Waals surface area (Å²) >= 11 is 0. The van der Waals surface area contributed by atoms with Crippen LogP contribution in [-0.4, -0.2) is 23.3 Å². The smallest absolute Gasteiger partial charge is 0.0512 e. The van der Waals surface area contributed by atoms with E-state index in [-0.39, 0.29) is 6.10 Å². The fraction of sp³-hybridized carbons (Fsp3) is 1.00. The molecule has 1 fully saturated rings. The molecule has 0 aromatic heterocycles. The average Bonchev–Trinajstić information content (AvgIpc) is 2.31. The highest BCUT2D eigenvalue weighted by Crippen LogP contribution is 2.16. The van der Waals surface area contributed by atoms with E-state index >= 15 is 0 Å². The van der Waals surface area contributed by atoms with Gasteiger partial charge in [0, 0.05) is 12.1 Å². The first-order chi connectivity index (χ1) is 5.18. The number of nitrogens with one attached hydrogen (secondary N) is 1. The highest BCUT2D eigenvalue weighted by atomic mass is 16.3. The monoisotopic (exact) mass is 157 g/mol. The van der Waals surface area contributed by atoms with Crippen molar-refractivity contribution < 1.29 is 5.11 Å². The van der Waals surface area contributed by atoms with Gasteiger partial charge in [-0.2, -0.15) is 0 Å². The lowest BCUT2D eigenvalue weighted by Crippen LogP contribution is -2.27. The Labute approximate surface area is 69.0 Å². The first kappa shape index (κ1) is 9.01. The zero-order valence-corrected chi connectivity index (χ0v) is 7.51. The van der Waals surface area contributed by atoms with E-state index in [0.717, 1.165) is 12.8 Å². The summed E-state index contributed by atoms with van der Waals surface area (Å²) in [5.74, 6) is 0. The van der Waals surface area contributed by atoms with Crippen LogP contribution in [0.3, 0.4) is 0 Å². The molecule has 2 N–H and O–H groups in total. The summed E-state index contributed by atoms with van der Waals surface area (Å²) in [7, 11) is 0. The number of aliphatic hydroxyl groups excluding tert-OH is 1. The van der Waals surface area contributed by atoms with Crippen LogP contribution in [0.4, 0.5) is 0 Å². The molecule has 1 aliphatic rings. The second kappa shape index (κ2) is 4.07. The standard InChI is InChI=1S/C9H19NO/c1-7-3-5-9(10-7)6-4-8(2)11/h7-11H,3-6H2,1-2H3/t7-,8?,9-/m1/s1. The van der Waals surface area contributed by atoms with Crippen molar-refractivity contribution in [2.45, 2.75) is 57.7 Å². The van der Waals surface area contributed by atoms with Crippen molar-refractivity contribution in [3.63, 3.8) is 0 Å². The minimum Gasteiger partial charge on any atom is -0.393 e. The normalized spacial score (nSPS) is 34.1. The first-order valence-electron chi connectivity index (χ1n) is 4.62. The summed E-state index contributed by atoms with van der Waals surface area (Å²) in [5.41, 5.74) is 0. The van der Waals surface area contributed by atoms with E-state index in [1.807, 2.05) is 6.92 Å². The number of aliphatic hydroxyl groups is 1. The molecule has 1 heterocycles. The van der Waals surface area contributed by atoms with E-state index in [1.54, 1.807) is 0 Å². The largest absolute Gasteiger partial charge is 0.393 e. The van der Waals surface area contributed by atoms with E-state index < -0.39 is 0 Å². The van der Waals surface area contributed by atoms with Crippen molar-refractivity contribution in [3.05, 3.63) is 0 Å². The first-order valence-corrected chi connectivity index (χ1v) is 4.62. The third-order valence-electron chi connectivity index (χ3n) is 2.40. The highest BCUT2D eigenvalue weighted by Gasteiger charge is 2.19. The van der Waals surface area contributed by atoms with Gasteiger partial charge in [0.25, 0.3) is 0 Å². The summed E-state index contributed by atoms with van der Waals surface area (Å²) in [5, 5.41) is 12.5. The van der Waals surface area contributed by atoms with E-state index in [2.05, 4.69) is 12.2 Å². The summed E-state index contributed by atoms with van der Waals surface area (Å²) in [6, 6.07) is 1.36. The molecule has 0 radical (unpaired) electrons. The van der Waals surface area contributed by atoms with Gasteiger partial charge in [0.2, 0.25) is 0 Å². The third-order valence-corrected chi connectivity index (χ3v) is 2.40. The van der Waals surface area contributed by atoms with Crippen molar-refractivity contribution >= 4 is 0 Å². The number of hydrogen-bond acceptors (Lipinski definition) is 2. The van der Waals surface area contributed by atoms with Crippen LogP contribution in [0.5, 0.6) is 0 Å². The van der Waals surface area contributed by atoms with Gasteiger partial charge >= 0.3 is 0 Å². The second-order valence-corrected chi connectivity index (χ2v) is 3.77. The van der Waals surface area contributed by atoms with Gasteiger partial charge in [0.05, 0.1) is 6.10 Å². The van der Waals surface area contributed by atoms with E-state index in [1.165, 1.54) is 12.8 Å². The number of rotatable bonds is 3. The summed E-state index contributed by atoms with van der Waals surface area (Å²) in [6.07, 6.45) is 4.51. The molecule has 0 saturated carbocycles. The lowest BCUT2D eigenvalue weighted by Gasteiger charge is -2.12. The van der Waals surface area contributed by atoms with Crippen molar-refractivity contribution in [3.8, 4) is 0 Å². The predicted octanol–water partition coefficient (Wildman–Crippen LogP) is 1.29. The Hall–Kier alpha value is -0.0800. The fourth-order valence-corrected chi connectivity index (χ4v) is 1.69. The molecule has 66 valence electrons. The Morgan fingerprint density at radius 1 is 1.55 bits per heavy atom. The summed E-state index contributed by atoms with van der Waals surface area (Å²) in [6.45, 7) is 4.08. The molecule has 0 amide bonds. The molecule has 0 aromatic carbocycles. The second-order valence-electron chi connectivity index (χ2n) is 3.77. The maximum absolute atomic E-state index is 9.05. The number of hydrogen-bond donors (Lipinski definition) is 2. The molecule has 1 saturated heterocycles. The van der Waals surface area contributed by atoms with Crippen molar-refractivity contribution in [2.24, 2.45) is 0 Å². The maximum atomic E-state index is 9.05. The van der Waals surface area contributed by atoms with E-state index in [4.69, 9.17) is 5.11 Å². The molecule has 2 heteroatoms. The lowest BCUT2D eigenvalue weighted by atomic mass is 10.1. The van der Waals surface area contributed by atoms with Crippen LogP contribution >= 0.6 is 0 Å². The van der Waals surface area contributed by atoms with Crippen LogP contribution in [0.1, 0.15) is 39.5 Å². The molecule has 1 rings (SSSR count). The Morgan fingerprint density at radius 2 is 2.27 bits per heavy atom. The van der Waals surface area contributed by atoms with Crippen molar-refractivity contribution in [2.75, 3.05) is 0 Å². The minimum atomic E-state index is -0.132. The molecule has 2 nitrogen and oxygen atoms in total. The van der Waals surface area contributed by atoms with Gasteiger partial charge in [0.1, 0.15) is 0 Å². The summed E-state index contributed by atoms with van der Waals surface area (Å²) < 4.78 is 0. The van der Waals surface area contributed by atoms with Gasteiger partial charge in [-0.1, -0.05) is 0 Å². The van der Waals surface area contributed by atoms with Crippen LogP contribution < -0.4 is 5.32 Å². The lowest BCUT2D eigenvalue weighted by molar-refractivity contribution is 0.177. The SMILES string of the molecule is CC(O)CC[C@H]1CC[C@@H](C)N1. The molecule has 0 aliphatic carbocycles. The summed E-state index contributed by atoms with van der Waals surface area (Å²) in [4.78, 5) is 0. The van der Waals surface area contributed by atoms with Crippen molar-refractivity contribution in [1.82, 2.24) is 5.32 Å². The van der Waals surface area contributed by atoms with Gasteiger partial charge in [-0.15, -0.1) is 0 Å². The van der Waals surface area contributed by atoms with Crippen LogP contribution in [0.25, 0.3) is 0 Å². The molecule has 1 unspecified atom stereocenters. The molecule has 11 heavy (non-hydrogen) atoms. The predicted molar refractivity (Wildman–Crippen MR) is 46.5 cm³/mol. The average molecular weight is 157 g/mol. The zero-order chi connectivity index (χ0) is 8.27. The zero-order valence-electron chi connectivity index (χ0n) is 7.51. The Kier molecular flexibility index (Phi) is 3.34. The molecular weight excluding hydrogens is 138 g/mol. The topological polar surface area (TPSA) is 32.3 Å². The van der Waals surface area contributed by atoms with Crippen LogP contribution in [0.2, 0.25) is 0 Å². The van der Waals surface area contributed by atoms with Gasteiger partial charge in [-0.05, 0) is 39.5 Å². The van der Waals surface area contributed by atoms with Crippen LogP contribution in [0, 0.1) is 0 Å². The Bertz CT molecular complexity index is 114. The molecule has 1 aliphatic heterocycles. The fourth-order valence-electron chi connectivity index (χ4n) is 1.69. The highest BCUT2D eigenvalue weighted by molar-refractivity contribution is 4.80. The van der Waals surface area contributed by atoms with E-state index in [0.29, 0.717) is 12.1 Å². The molecular formula is C9H19NO. The van der Waals surface area contributed by atoms with Gasteiger partial charge in [-0.25, -0.2) is 0 Å². The van der Waals surface area contributed by atoms with Crippen LogP contribution in [0.15, 0.2) is 0 Å². The molecule has 0 aromatic rings. The molecule has 0 bridgehead atoms. The van der Waals surface area contributed by atoms with Gasteiger partial charge in [0.15, 0.2) is 0 Å². The quantitative estimate of drug-likeness (QED) is 0.647. The maximum Gasteiger partial charge on any atom is 0.0512 e. The molecule has 0 spiro atoms. The van der Waals surface area contributed by atoms with E-state index in [9.17, 15) is 0 Å². The molecule has 3 atom stereocenters. The minimum absolute atomic E-state index is 0.132. The van der Waals surface area contributed by atoms with Gasteiger partial charge in [-0.3, -0.25) is 0 Å².